The summed E-state index contributed by atoms with van der Waals surface area (Å²) >= 11 is 0. The summed E-state index contributed by atoms with van der Waals surface area (Å²) in [5, 5.41) is 32.5. The summed E-state index contributed by atoms with van der Waals surface area (Å²) in [7, 11) is 0. The van der Waals surface area contributed by atoms with Gasteiger partial charge < -0.3 is 73.2 Å². The number of carbonyl (C=O) groups excluding carboxylic acids is 2. The number of carbonyl (C=O) groups is 3. The Labute approximate surface area is 384 Å². The van der Waals surface area contributed by atoms with Crippen molar-refractivity contribution in [1.82, 2.24) is 41.0 Å². The van der Waals surface area contributed by atoms with Gasteiger partial charge in [0.2, 0.25) is 23.5 Å². The molecule has 3 heterocycles. The number of carboxylic acid groups (broad SMARTS) is 1. The van der Waals surface area contributed by atoms with Crippen LogP contribution >= 0.6 is 0 Å². The van der Waals surface area contributed by atoms with Gasteiger partial charge in [-0.3, -0.25) is 19.6 Å². The number of amides is 3. The van der Waals surface area contributed by atoms with Gasteiger partial charge in [-0.2, -0.15) is 0 Å². The molecule has 3 aromatic heterocycles. The highest BCUT2D eigenvalue weighted by molar-refractivity contribution is 5.91. The Kier molecular flexibility index (Phi) is 32.9. The first-order valence-electron chi connectivity index (χ1n) is 21.8. The van der Waals surface area contributed by atoms with Crippen LogP contribution < -0.4 is 16.0 Å². The predicted molar refractivity (Wildman–Crippen MR) is 235 cm³/mol. The molecule has 0 aliphatic carbocycles. The number of aromatic nitrogens is 6. The van der Waals surface area contributed by atoms with Crippen LogP contribution in [0.4, 0.5) is 10.5 Å². The molecule has 0 bridgehead atoms. The molecule has 3 rings (SSSR count). The van der Waals surface area contributed by atoms with Crippen molar-refractivity contribution in [3.63, 3.8) is 0 Å². The monoisotopic (exact) mass is 935 g/mol. The van der Waals surface area contributed by atoms with E-state index in [-0.39, 0.29) is 37.0 Å². The van der Waals surface area contributed by atoms with Crippen molar-refractivity contribution in [2.24, 2.45) is 0 Å². The minimum atomic E-state index is -1.07. The van der Waals surface area contributed by atoms with E-state index >= 15 is 0 Å². The van der Waals surface area contributed by atoms with E-state index in [1.807, 2.05) is 6.07 Å². The Bertz CT molecular complexity index is 1660. The molecule has 3 amide bonds. The minimum Gasteiger partial charge on any atom is -0.465 e. The maximum Gasteiger partial charge on any atom is 0.404 e. The molecule has 0 radical (unpaired) electrons. The van der Waals surface area contributed by atoms with E-state index in [9.17, 15) is 14.4 Å². The van der Waals surface area contributed by atoms with Gasteiger partial charge in [0.15, 0.2) is 0 Å². The largest absolute Gasteiger partial charge is 0.465 e. The van der Waals surface area contributed by atoms with Crippen molar-refractivity contribution in [2.45, 2.75) is 19.3 Å². The van der Waals surface area contributed by atoms with E-state index < -0.39 is 6.09 Å². The van der Waals surface area contributed by atoms with Crippen molar-refractivity contribution in [1.29, 1.82) is 0 Å². The average molecular weight is 936 g/mol. The van der Waals surface area contributed by atoms with Gasteiger partial charge >= 0.3 is 6.09 Å². The van der Waals surface area contributed by atoms with Crippen molar-refractivity contribution in [3.05, 3.63) is 42.7 Å². The number of pyridine rings is 2. The van der Waals surface area contributed by atoms with Crippen molar-refractivity contribution in [2.75, 3.05) is 164 Å². The zero-order valence-corrected chi connectivity index (χ0v) is 37.5. The molecule has 24 nitrogen and oxygen atoms in total. The maximum atomic E-state index is 12.4. The summed E-state index contributed by atoms with van der Waals surface area (Å²) in [5.74, 6) is 0.152. The van der Waals surface area contributed by atoms with Crippen LogP contribution in [0, 0.1) is 0 Å². The van der Waals surface area contributed by atoms with Gasteiger partial charge in [0.05, 0.1) is 157 Å². The highest BCUT2D eigenvalue weighted by Gasteiger charge is 2.10. The number of hydrogen-bond donors (Lipinski definition) is 4. The fourth-order valence-corrected chi connectivity index (χ4v) is 5.04. The van der Waals surface area contributed by atoms with Gasteiger partial charge in [-0.05, 0) is 30.7 Å². The molecule has 0 aromatic carbocycles. The summed E-state index contributed by atoms with van der Waals surface area (Å²) in [6, 6.07) is 8.70. The summed E-state index contributed by atoms with van der Waals surface area (Å²) in [6.45, 7) is 10.1. The molecule has 4 N–H and O–H groups in total. The molecule has 0 saturated carbocycles. The molecule has 0 unspecified atom stereocenters. The van der Waals surface area contributed by atoms with Crippen LogP contribution in [0.3, 0.4) is 0 Å². The SMILES string of the molecule is O=C(O)NCCOCCOCCOCCOCCOCCOCCOCCOCCOCCOCCOCCNC(=O)CCCC(=O)Nc1ccc(-c2nnc(-c3ccccn3)nn2)nc1. The van der Waals surface area contributed by atoms with Crippen LogP contribution in [0.25, 0.3) is 23.0 Å². The lowest BCUT2D eigenvalue weighted by molar-refractivity contribution is -0.121. The lowest BCUT2D eigenvalue weighted by Gasteiger charge is -2.09. The Morgan fingerprint density at radius 1 is 0.439 bits per heavy atom. The van der Waals surface area contributed by atoms with Gasteiger partial charge in [-0.15, -0.1) is 20.4 Å². The predicted octanol–water partition coefficient (Wildman–Crippen LogP) is 1.07. The second kappa shape index (κ2) is 39.2. The van der Waals surface area contributed by atoms with Crippen LogP contribution in [0.15, 0.2) is 42.7 Å². The van der Waals surface area contributed by atoms with E-state index in [0.717, 1.165) is 0 Å². The van der Waals surface area contributed by atoms with Gasteiger partial charge in [0.1, 0.15) is 11.4 Å². The van der Waals surface area contributed by atoms with Crippen LogP contribution in [0.2, 0.25) is 0 Å². The zero-order valence-electron chi connectivity index (χ0n) is 37.5. The van der Waals surface area contributed by atoms with Crippen molar-refractivity contribution >= 4 is 23.6 Å². The first-order valence-corrected chi connectivity index (χ1v) is 21.8. The third-order valence-electron chi connectivity index (χ3n) is 8.27. The standard InChI is InChI=1S/C42H65N9O15/c52-38(5-3-6-39(53)47-35-7-8-37(46-34-35)41-50-48-40(49-51-41)36-4-1-2-9-43-36)44-10-12-56-14-16-58-18-20-60-22-24-62-26-28-64-30-32-66-33-31-65-29-27-63-25-23-61-21-19-59-17-15-57-13-11-45-42(54)55/h1-2,4,7-9,34,45H,3,5-6,10-33H2,(H,44,52)(H,47,53)(H,54,55). The summed E-state index contributed by atoms with van der Waals surface area (Å²) in [6.07, 6.45) is 2.83. The second-order valence-corrected chi connectivity index (χ2v) is 13.4. The number of hydrogen-bond acceptors (Lipinski definition) is 20. The quantitative estimate of drug-likeness (QED) is 0.0577. The molecule has 24 heteroatoms. The minimum absolute atomic E-state index is 0.159. The normalized spacial score (nSPS) is 11.2. The second-order valence-electron chi connectivity index (χ2n) is 13.4. The Morgan fingerprint density at radius 2 is 0.818 bits per heavy atom. The Morgan fingerprint density at radius 3 is 1.18 bits per heavy atom. The van der Waals surface area contributed by atoms with Crippen LogP contribution in [-0.2, 0) is 61.7 Å². The number of ether oxygens (including phenoxy) is 11. The van der Waals surface area contributed by atoms with E-state index in [1.165, 1.54) is 6.20 Å². The van der Waals surface area contributed by atoms with Gasteiger partial charge in [0, 0.05) is 32.1 Å². The average Bonchev–Trinajstić information content (AvgIpc) is 3.33. The first-order chi connectivity index (χ1) is 32.5. The molecule has 0 saturated heterocycles. The fraction of sp³-hybridized carbons (Fsp3) is 0.643. The van der Waals surface area contributed by atoms with Crippen LogP contribution in [-0.4, -0.2) is 212 Å². The molecular formula is C42H65N9O15. The molecule has 3 aromatic rings. The Hall–Kier alpha value is -4.99. The lowest BCUT2D eigenvalue weighted by Crippen LogP contribution is -2.27. The summed E-state index contributed by atoms with van der Waals surface area (Å²) < 4.78 is 59.8. The van der Waals surface area contributed by atoms with Gasteiger partial charge in [0.25, 0.3) is 0 Å². The van der Waals surface area contributed by atoms with Crippen LogP contribution in [0.5, 0.6) is 0 Å². The molecule has 0 fully saturated rings. The Balaban J connectivity index is 0.956. The van der Waals surface area contributed by atoms with E-state index in [4.69, 9.17) is 57.2 Å². The van der Waals surface area contributed by atoms with E-state index in [0.29, 0.717) is 181 Å². The third-order valence-corrected chi connectivity index (χ3v) is 8.27. The summed E-state index contributed by atoms with van der Waals surface area (Å²) in [5.41, 5.74) is 1.51. The molecule has 0 spiro atoms. The fourth-order valence-electron chi connectivity index (χ4n) is 5.04. The molecule has 368 valence electrons. The molecule has 0 aliphatic heterocycles. The van der Waals surface area contributed by atoms with Gasteiger partial charge in [-0.25, -0.2) is 4.79 Å². The highest BCUT2D eigenvalue weighted by atomic mass is 16.6. The molecule has 66 heavy (non-hydrogen) atoms. The van der Waals surface area contributed by atoms with Crippen molar-refractivity contribution < 1.29 is 71.6 Å². The molecule has 0 atom stereocenters. The third kappa shape index (κ3) is 30.3. The lowest BCUT2D eigenvalue weighted by atomic mass is 10.2. The molecular weight excluding hydrogens is 871 g/mol. The first kappa shape index (κ1) is 55.3. The van der Waals surface area contributed by atoms with Crippen LogP contribution in [0.1, 0.15) is 19.3 Å². The van der Waals surface area contributed by atoms with Crippen molar-refractivity contribution in [3.8, 4) is 23.0 Å². The number of rotatable bonds is 43. The number of nitrogens with zero attached hydrogens (tertiary/aromatic N) is 6. The highest BCUT2D eigenvalue weighted by Crippen LogP contribution is 2.15. The van der Waals surface area contributed by atoms with E-state index in [2.05, 4.69) is 46.3 Å². The summed E-state index contributed by atoms with van der Waals surface area (Å²) in [4.78, 5) is 43.2. The maximum absolute atomic E-state index is 12.4. The molecule has 0 aliphatic rings. The zero-order chi connectivity index (χ0) is 46.8. The number of anilines is 1. The smallest absolute Gasteiger partial charge is 0.404 e. The van der Waals surface area contributed by atoms with Gasteiger partial charge in [-0.1, -0.05) is 6.07 Å². The topological polar surface area (TPSA) is 286 Å². The van der Waals surface area contributed by atoms with E-state index in [1.54, 1.807) is 30.5 Å². The number of nitrogens with one attached hydrogen (secondary N) is 3.